The van der Waals surface area contributed by atoms with Crippen LogP contribution in [0.5, 0.6) is 0 Å². The van der Waals surface area contributed by atoms with Crippen molar-refractivity contribution in [2.24, 2.45) is 0 Å². The molecule has 0 aromatic carbocycles. The summed E-state index contributed by atoms with van der Waals surface area (Å²) in [5.74, 6) is -0.0619. The molecule has 11 heteroatoms. The van der Waals surface area contributed by atoms with Crippen LogP contribution in [-0.2, 0) is 39.8 Å². The zero-order chi connectivity index (χ0) is 24.1. The molecule has 0 atom stereocenters. The van der Waals surface area contributed by atoms with Crippen LogP contribution in [0.25, 0.3) is 0 Å². The first-order valence-corrected chi connectivity index (χ1v) is 14.1. The molecular weight excluding hydrogens is 453 g/mol. The maximum absolute atomic E-state index is 10.9. The van der Waals surface area contributed by atoms with E-state index in [4.69, 9.17) is 25.4 Å². The van der Waals surface area contributed by atoms with Crippen LogP contribution < -0.4 is 16.0 Å². The van der Waals surface area contributed by atoms with Gasteiger partial charge in [0.1, 0.15) is 0 Å². The van der Waals surface area contributed by atoms with Crippen LogP contribution in [0.4, 0.5) is 0 Å². The molecule has 0 spiro atoms. The third kappa shape index (κ3) is 22.1. The molecule has 0 saturated carbocycles. The molecule has 0 saturated heterocycles. The monoisotopic (exact) mass is 495 g/mol. The Morgan fingerprint density at radius 2 is 0.844 bits per heavy atom. The molecule has 0 aliphatic carbocycles. The zero-order valence-corrected chi connectivity index (χ0v) is 21.6. The van der Waals surface area contributed by atoms with Crippen molar-refractivity contribution in [1.29, 1.82) is 0 Å². The number of rotatable bonds is 21. The molecule has 3 N–H and O–H groups in total. The fraction of sp³-hybridized carbons (Fsp3) is 0.857. The van der Waals surface area contributed by atoms with Gasteiger partial charge in [0.25, 0.3) is 0 Å². The van der Waals surface area contributed by atoms with Gasteiger partial charge in [-0.25, -0.2) is 0 Å². The van der Waals surface area contributed by atoms with E-state index in [1.165, 1.54) is 20.8 Å². The van der Waals surface area contributed by atoms with E-state index in [0.717, 1.165) is 57.8 Å². The predicted octanol–water partition coefficient (Wildman–Crippen LogP) is 3.18. The van der Waals surface area contributed by atoms with Crippen molar-refractivity contribution in [1.82, 2.24) is 16.0 Å². The Hall–Kier alpha value is -1.06. The van der Waals surface area contributed by atoms with Crippen molar-refractivity contribution in [2.75, 3.05) is 39.5 Å². The third-order valence-corrected chi connectivity index (χ3v) is 6.78. The molecule has 0 bridgehead atoms. The van der Waals surface area contributed by atoms with Crippen LogP contribution >= 0.6 is 6.72 Å². The standard InChI is InChI=1S/C21H42N3O6PS/c1-19(25)22-13-7-4-10-16-28-31(32,29-17-11-5-8-14-23-20(2)26)30-18-12-6-9-15-24-21(3)27/h4-18H2,1-3H3,(H,22,25)(H,23,26)(H,24,27). The van der Waals surface area contributed by atoms with Gasteiger partial charge in [0.05, 0.1) is 19.8 Å². The molecule has 32 heavy (non-hydrogen) atoms. The molecular formula is C21H42N3O6PS. The van der Waals surface area contributed by atoms with Crippen LogP contribution in [0.3, 0.4) is 0 Å². The Kier molecular flexibility index (Phi) is 19.9. The SMILES string of the molecule is CC(=O)NCCCCCOP(=S)(OCCCCCNC(C)=O)OCCCCCNC(C)=O. The third-order valence-electron chi connectivity index (χ3n) is 4.33. The van der Waals surface area contributed by atoms with Gasteiger partial charge < -0.3 is 29.5 Å². The van der Waals surface area contributed by atoms with Crippen LogP contribution in [-0.4, -0.2) is 57.2 Å². The lowest BCUT2D eigenvalue weighted by molar-refractivity contribution is -0.119. The van der Waals surface area contributed by atoms with Crippen molar-refractivity contribution in [2.45, 2.75) is 78.6 Å². The molecule has 0 rings (SSSR count). The van der Waals surface area contributed by atoms with Crippen molar-refractivity contribution in [3.05, 3.63) is 0 Å². The Morgan fingerprint density at radius 1 is 0.562 bits per heavy atom. The molecule has 3 amide bonds. The normalized spacial score (nSPS) is 11.2. The number of nitrogens with one attached hydrogen (secondary N) is 3. The first-order chi connectivity index (χ1) is 15.2. The van der Waals surface area contributed by atoms with E-state index >= 15 is 0 Å². The molecule has 0 radical (unpaired) electrons. The van der Waals surface area contributed by atoms with Gasteiger partial charge in [-0.1, -0.05) is 0 Å². The van der Waals surface area contributed by atoms with E-state index < -0.39 is 6.72 Å². The molecule has 0 aliphatic rings. The average molecular weight is 496 g/mol. The fourth-order valence-corrected chi connectivity index (χ4v) is 4.60. The van der Waals surface area contributed by atoms with Crippen molar-refractivity contribution < 1.29 is 28.0 Å². The van der Waals surface area contributed by atoms with Crippen LogP contribution in [0.2, 0.25) is 0 Å². The average Bonchev–Trinajstić information content (AvgIpc) is 2.71. The van der Waals surface area contributed by atoms with Gasteiger partial charge in [0.15, 0.2) is 0 Å². The van der Waals surface area contributed by atoms with Gasteiger partial charge in [0.2, 0.25) is 17.7 Å². The second kappa shape index (κ2) is 20.5. The summed E-state index contributed by atoms with van der Waals surface area (Å²) in [7, 11) is 0. The molecule has 188 valence electrons. The van der Waals surface area contributed by atoms with E-state index in [1.807, 2.05) is 0 Å². The molecule has 9 nitrogen and oxygen atoms in total. The second-order valence-corrected chi connectivity index (χ2v) is 10.6. The van der Waals surface area contributed by atoms with E-state index in [9.17, 15) is 14.4 Å². The van der Waals surface area contributed by atoms with Crippen LogP contribution in [0.15, 0.2) is 0 Å². The lowest BCUT2D eigenvalue weighted by Crippen LogP contribution is -2.20. The molecule has 0 heterocycles. The minimum atomic E-state index is -2.81. The minimum Gasteiger partial charge on any atom is -0.356 e. The van der Waals surface area contributed by atoms with E-state index in [-0.39, 0.29) is 17.7 Å². The van der Waals surface area contributed by atoms with Gasteiger partial charge in [-0.15, -0.1) is 0 Å². The Bertz CT molecular complexity index is 504. The van der Waals surface area contributed by atoms with Crippen molar-refractivity contribution in [3.8, 4) is 0 Å². The topological polar surface area (TPSA) is 115 Å². The number of hydrogen-bond donors (Lipinski definition) is 3. The molecule has 0 aliphatic heterocycles. The quantitative estimate of drug-likeness (QED) is 0.165. The van der Waals surface area contributed by atoms with Gasteiger partial charge >= 0.3 is 6.72 Å². The Balaban J connectivity index is 4.17. The number of amides is 3. The smallest absolute Gasteiger partial charge is 0.327 e. The summed E-state index contributed by atoms with van der Waals surface area (Å²) >= 11 is 5.58. The molecule has 0 aromatic heterocycles. The van der Waals surface area contributed by atoms with Gasteiger partial charge in [-0.05, 0) is 69.6 Å². The zero-order valence-electron chi connectivity index (χ0n) is 19.9. The fourth-order valence-electron chi connectivity index (χ4n) is 2.65. The maximum Gasteiger partial charge on any atom is 0.327 e. The van der Waals surface area contributed by atoms with Crippen LogP contribution in [0.1, 0.15) is 78.6 Å². The summed E-state index contributed by atoms with van der Waals surface area (Å²) < 4.78 is 17.6. The molecule has 0 aromatic rings. The molecule has 0 fully saturated rings. The van der Waals surface area contributed by atoms with E-state index in [0.29, 0.717) is 39.5 Å². The van der Waals surface area contributed by atoms with E-state index in [1.54, 1.807) is 0 Å². The highest BCUT2D eigenvalue weighted by Gasteiger charge is 2.20. The van der Waals surface area contributed by atoms with Gasteiger partial charge in [-0.3, -0.25) is 14.4 Å². The summed E-state index contributed by atoms with van der Waals surface area (Å²) in [6, 6.07) is 0. The first kappa shape index (κ1) is 30.9. The summed E-state index contributed by atoms with van der Waals surface area (Å²) in [6.45, 7) is 5.08. The number of carbonyl (C=O) groups excluding carboxylic acids is 3. The predicted molar refractivity (Wildman–Crippen MR) is 130 cm³/mol. The lowest BCUT2D eigenvalue weighted by Gasteiger charge is -2.22. The summed E-state index contributed by atoms with van der Waals surface area (Å²) in [5.41, 5.74) is 0. The second-order valence-electron chi connectivity index (χ2n) is 7.58. The molecule has 0 unspecified atom stereocenters. The Morgan fingerprint density at radius 3 is 1.09 bits per heavy atom. The first-order valence-electron chi connectivity index (χ1n) is 11.5. The van der Waals surface area contributed by atoms with Crippen molar-refractivity contribution in [3.63, 3.8) is 0 Å². The largest absolute Gasteiger partial charge is 0.356 e. The highest BCUT2D eigenvalue weighted by molar-refractivity contribution is 8.07. The van der Waals surface area contributed by atoms with E-state index in [2.05, 4.69) is 16.0 Å². The summed E-state index contributed by atoms with van der Waals surface area (Å²) in [6.07, 6.45) is 7.86. The highest BCUT2D eigenvalue weighted by atomic mass is 32.5. The number of unbranched alkanes of at least 4 members (excludes halogenated alkanes) is 6. The van der Waals surface area contributed by atoms with Crippen LogP contribution in [0, 0.1) is 0 Å². The highest BCUT2D eigenvalue weighted by Crippen LogP contribution is 2.50. The summed E-state index contributed by atoms with van der Waals surface area (Å²) in [4.78, 5) is 32.6. The van der Waals surface area contributed by atoms with Gasteiger partial charge in [0, 0.05) is 40.4 Å². The van der Waals surface area contributed by atoms with Crippen molar-refractivity contribution >= 4 is 36.2 Å². The lowest BCUT2D eigenvalue weighted by atomic mass is 10.2. The summed E-state index contributed by atoms with van der Waals surface area (Å²) in [5, 5.41) is 8.32. The number of hydrogen-bond acceptors (Lipinski definition) is 7. The number of carbonyl (C=O) groups is 3. The minimum absolute atomic E-state index is 0.0206. The Labute approximate surface area is 198 Å². The maximum atomic E-state index is 10.9. The van der Waals surface area contributed by atoms with Gasteiger partial charge in [-0.2, -0.15) is 0 Å².